The van der Waals surface area contributed by atoms with Gasteiger partial charge in [0.25, 0.3) is 0 Å². The molecule has 0 atom stereocenters. The Labute approximate surface area is 102 Å². The number of tetrazole rings is 1. The molecule has 0 bridgehead atoms. The molecule has 17 heavy (non-hydrogen) atoms. The molecule has 9 heteroatoms. The number of nitrogens with one attached hydrogen (secondary N) is 2. The standard InChI is InChI=1S/C8H11N5O2S2/c1-2-6-3-4-8(16-6)17(14,15)9-5-7-10-12-13-11-7/h3-4,9H,2,5H2,1H3,(H,10,11,12,13). The van der Waals surface area contributed by atoms with Crippen molar-refractivity contribution < 1.29 is 8.42 Å². The van der Waals surface area contributed by atoms with Gasteiger partial charge in [0.1, 0.15) is 4.21 Å². The molecular weight excluding hydrogens is 262 g/mol. The van der Waals surface area contributed by atoms with Crippen molar-refractivity contribution in [2.24, 2.45) is 0 Å². The molecule has 2 rings (SSSR count). The van der Waals surface area contributed by atoms with Crippen LogP contribution in [0.1, 0.15) is 17.6 Å². The molecule has 0 unspecified atom stereocenters. The molecule has 0 spiro atoms. The van der Waals surface area contributed by atoms with Gasteiger partial charge in [-0.15, -0.1) is 21.5 Å². The van der Waals surface area contributed by atoms with Crippen LogP contribution < -0.4 is 4.72 Å². The molecule has 0 fully saturated rings. The summed E-state index contributed by atoms with van der Waals surface area (Å²) in [7, 11) is -3.48. The van der Waals surface area contributed by atoms with Gasteiger partial charge >= 0.3 is 0 Å². The maximum Gasteiger partial charge on any atom is 0.250 e. The van der Waals surface area contributed by atoms with Crippen molar-refractivity contribution >= 4 is 21.4 Å². The fraction of sp³-hybridized carbons (Fsp3) is 0.375. The topological polar surface area (TPSA) is 101 Å². The lowest BCUT2D eigenvalue weighted by Crippen LogP contribution is -2.23. The lowest BCUT2D eigenvalue weighted by Gasteiger charge is -2.00. The molecule has 7 nitrogen and oxygen atoms in total. The van der Waals surface area contributed by atoms with Crippen molar-refractivity contribution in [3.63, 3.8) is 0 Å². The summed E-state index contributed by atoms with van der Waals surface area (Å²) in [6.07, 6.45) is 0.824. The minimum Gasteiger partial charge on any atom is -0.206 e. The van der Waals surface area contributed by atoms with Crippen molar-refractivity contribution in [3.8, 4) is 0 Å². The van der Waals surface area contributed by atoms with E-state index < -0.39 is 10.0 Å². The van der Waals surface area contributed by atoms with Crippen molar-refractivity contribution in [2.45, 2.75) is 24.1 Å². The molecule has 92 valence electrons. The Morgan fingerprint density at radius 2 is 2.29 bits per heavy atom. The number of thiophene rings is 1. The van der Waals surface area contributed by atoms with Crippen LogP contribution in [0.25, 0.3) is 0 Å². The van der Waals surface area contributed by atoms with Crippen LogP contribution in [0.4, 0.5) is 0 Å². The largest absolute Gasteiger partial charge is 0.250 e. The molecule has 0 aromatic carbocycles. The van der Waals surface area contributed by atoms with Gasteiger partial charge in [-0.25, -0.2) is 13.1 Å². The van der Waals surface area contributed by atoms with Gasteiger partial charge in [-0.05, 0) is 18.6 Å². The van der Waals surface area contributed by atoms with E-state index in [1.165, 1.54) is 11.3 Å². The van der Waals surface area contributed by atoms with Crippen LogP contribution >= 0.6 is 11.3 Å². The minimum atomic E-state index is -3.48. The van der Waals surface area contributed by atoms with Crippen molar-refractivity contribution in [1.29, 1.82) is 0 Å². The molecule has 2 heterocycles. The minimum absolute atomic E-state index is 0.0260. The van der Waals surface area contributed by atoms with E-state index in [0.29, 0.717) is 10.0 Å². The van der Waals surface area contributed by atoms with Gasteiger partial charge in [0, 0.05) is 4.88 Å². The zero-order valence-corrected chi connectivity index (χ0v) is 10.7. The molecule has 0 aliphatic heterocycles. The summed E-state index contributed by atoms with van der Waals surface area (Å²) in [6, 6.07) is 3.41. The van der Waals surface area contributed by atoms with Gasteiger partial charge < -0.3 is 0 Å². The molecule has 0 saturated carbocycles. The summed E-state index contributed by atoms with van der Waals surface area (Å²) in [6.45, 7) is 2.01. The maximum atomic E-state index is 11.9. The van der Waals surface area contributed by atoms with Gasteiger partial charge in [-0.1, -0.05) is 12.1 Å². The Kier molecular flexibility index (Phi) is 3.50. The van der Waals surface area contributed by atoms with Crippen LogP contribution in [0, 0.1) is 0 Å². The average Bonchev–Trinajstić information content (AvgIpc) is 2.98. The first kappa shape index (κ1) is 12.1. The molecular formula is C8H11N5O2S2. The Morgan fingerprint density at radius 3 is 2.88 bits per heavy atom. The number of sulfonamides is 1. The van der Waals surface area contributed by atoms with Crippen LogP contribution in [0.3, 0.4) is 0 Å². The van der Waals surface area contributed by atoms with E-state index in [4.69, 9.17) is 0 Å². The SMILES string of the molecule is CCc1ccc(S(=O)(=O)NCc2nn[nH]n2)s1. The molecule has 0 radical (unpaired) electrons. The number of hydrogen-bond acceptors (Lipinski definition) is 6. The Balaban J connectivity index is 2.08. The second kappa shape index (κ2) is 4.90. The van der Waals surface area contributed by atoms with Crippen molar-refractivity contribution in [3.05, 3.63) is 22.8 Å². The monoisotopic (exact) mass is 273 g/mol. The Morgan fingerprint density at radius 1 is 1.47 bits per heavy atom. The first-order chi connectivity index (χ1) is 8.12. The zero-order chi connectivity index (χ0) is 12.3. The highest BCUT2D eigenvalue weighted by Gasteiger charge is 2.16. The number of hydrogen-bond donors (Lipinski definition) is 2. The van der Waals surface area contributed by atoms with Gasteiger partial charge in [-0.2, -0.15) is 5.21 Å². The number of aromatic amines is 1. The van der Waals surface area contributed by atoms with E-state index in [0.717, 1.165) is 11.3 Å². The number of H-pyrrole nitrogens is 1. The van der Waals surface area contributed by atoms with E-state index in [1.54, 1.807) is 6.07 Å². The summed E-state index contributed by atoms with van der Waals surface area (Å²) in [4.78, 5) is 1.03. The summed E-state index contributed by atoms with van der Waals surface area (Å²) in [5.41, 5.74) is 0. The average molecular weight is 273 g/mol. The number of rotatable bonds is 5. The molecule has 0 amide bonds. The molecule has 2 N–H and O–H groups in total. The summed E-state index contributed by atoms with van der Waals surface area (Å²) < 4.78 is 26.5. The normalized spacial score (nSPS) is 11.8. The molecule has 0 aliphatic rings. The van der Waals surface area contributed by atoms with E-state index in [-0.39, 0.29) is 6.54 Å². The third-order valence-electron chi connectivity index (χ3n) is 2.06. The van der Waals surface area contributed by atoms with Gasteiger partial charge in [0.15, 0.2) is 5.82 Å². The smallest absolute Gasteiger partial charge is 0.206 e. The summed E-state index contributed by atoms with van der Waals surface area (Å²) >= 11 is 1.26. The molecule has 0 aliphatic carbocycles. The fourth-order valence-corrected chi connectivity index (χ4v) is 3.50. The first-order valence-electron chi connectivity index (χ1n) is 4.92. The third kappa shape index (κ3) is 2.87. The second-order valence-corrected chi connectivity index (χ2v) is 6.39. The highest BCUT2D eigenvalue weighted by atomic mass is 32.2. The zero-order valence-electron chi connectivity index (χ0n) is 9.04. The Bertz CT molecular complexity index is 575. The third-order valence-corrected chi connectivity index (χ3v) is 5.18. The first-order valence-corrected chi connectivity index (χ1v) is 7.22. The van der Waals surface area contributed by atoms with Crippen molar-refractivity contribution in [1.82, 2.24) is 25.3 Å². The lowest BCUT2D eigenvalue weighted by molar-refractivity contribution is 0.581. The van der Waals surface area contributed by atoms with E-state index in [1.807, 2.05) is 13.0 Å². The summed E-state index contributed by atoms with van der Waals surface area (Å²) in [5.74, 6) is 0.306. The summed E-state index contributed by atoms with van der Waals surface area (Å²) in [5, 5.41) is 12.9. The van der Waals surface area contributed by atoms with E-state index in [9.17, 15) is 8.42 Å². The second-order valence-electron chi connectivity index (χ2n) is 3.23. The maximum absolute atomic E-state index is 11.9. The van der Waals surface area contributed by atoms with Gasteiger partial charge in [0.05, 0.1) is 6.54 Å². The predicted octanol–water partition coefficient (Wildman–Crippen LogP) is 0.302. The van der Waals surface area contributed by atoms with Crippen LogP contribution in [0.5, 0.6) is 0 Å². The van der Waals surface area contributed by atoms with E-state index in [2.05, 4.69) is 25.3 Å². The van der Waals surface area contributed by atoms with Crippen LogP contribution in [-0.4, -0.2) is 29.0 Å². The highest BCUT2D eigenvalue weighted by Crippen LogP contribution is 2.21. The predicted molar refractivity (Wildman–Crippen MR) is 61.9 cm³/mol. The van der Waals surface area contributed by atoms with Crippen LogP contribution in [0.2, 0.25) is 0 Å². The van der Waals surface area contributed by atoms with Gasteiger partial charge in [-0.3, -0.25) is 0 Å². The fourth-order valence-electron chi connectivity index (χ4n) is 1.18. The lowest BCUT2D eigenvalue weighted by atomic mass is 10.4. The van der Waals surface area contributed by atoms with E-state index >= 15 is 0 Å². The molecule has 2 aromatic heterocycles. The quantitative estimate of drug-likeness (QED) is 0.816. The molecule has 2 aromatic rings. The van der Waals surface area contributed by atoms with Crippen LogP contribution in [0.15, 0.2) is 16.3 Å². The Hall–Kier alpha value is -1.32. The van der Waals surface area contributed by atoms with Crippen LogP contribution in [-0.2, 0) is 23.0 Å². The molecule has 0 saturated heterocycles. The number of nitrogens with zero attached hydrogens (tertiary/aromatic N) is 3. The number of aryl methyl sites for hydroxylation is 1. The highest BCUT2D eigenvalue weighted by molar-refractivity contribution is 7.91. The van der Waals surface area contributed by atoms with Gasteiger partial charge in [0.2, 0.25) is 10.0 Å². The number of aromatic nitrogens is 4. The van der Waals surface area contributed by atoms with Crippen molar-refractivity contribution in [2.75, 3.05) is 0 Å².